The van der Waals surface area contributed by atoms with E-state index in [1.807, 2.05) is 25.2 Å². The molecule has 2 unspecified atom stereocenters. The van der Waals surface area contributed by atoms with E-state index < -0.39 is 0 Å². The van der Waals surface area contributed by atoms with E-state index in [9.17, 15) is 0 Å². The summed E-state index contributed by atoms with van der Waals surface area (Å²) in [5, 5.41) is 4.98. The first kappa shape index (κ1) is 13.9. The lowest BCUT2D eigenvalue weighted by Gasteiger charge is -2.21. The highest BCUT2D eigenvalue weighted by molar-refractivity contribution is 6.35. The predicted molar refractivity (Wildman–Crippen MR) is 85.6 cm³/mol. The molecular formula is C17H17Cl2N. The van der Waals surface area contributed by atoms with Crippen LogP contribution >= 0.6 is 23.2 Å². The van der Waals surface area contributed by atoms with E-state index in [1.54, 1.807) is 0 Å². The monoisotopic (exact) mass is 305 g/mol. The molecule has 1 N–H and O–H groups in total. The van der Waals surface area contributed by atoms with E-state index in [2.05, 4.69) is 29.6 Å². The Hall–Kier alpha value is -1.02. The molecule has 3 heteroatoms. The molecule has 0 aliphatic heterocycles. The average molecular weight is 306 g/mol. The first-order chi connectivity index (χ1) is 9.70. The molecule has 0 heterocycles. The van der Waals surface area contributed by atoms with Crippen LogP contribution < -0.4 is 5.32 Å². The van der Waals surface area contributed by atoms with E-state index in [4.69, 9.17) is 23.2 Å². The van der Waals surface area contributed by atoms with Crippen LogP contribution in [0.3, 0.4) is 0 Å². The SMILES string of the molecule is CNC1c2ccccc2CC1Cc1c(Cl)cccc1Cl. The van der Waals surface area contributed by atoms with E-state index in [0.29, 0.717) is 12.0 Å². The molecule has 1 nitrogen and oxygen atoms in total. The second-order valence-electron chi connectivity index (χ2n) is 5.33. The van der Waals surface area contributed by atoms with Gasteiger partial charge in [-0.1, -0.05) is 53.5 Å². The highest BCUT2D eigenvalue weighted by atomic mass is 35.5. The summed E-state index contributed by atoms with van der Waals surface area (Å²) in [6, 6.07) is 14.7. The van der Waals surface area contributed by atoms with Crippen LogP contribution in [0.4, 0.5) is 0 Å². The lowest BCUT2D eigenvalue weighted by molar-refractivity contribution is 0.410. The van der Waals surface area contributed by atoms with Gasteiger partial charge < -0.3 is 5.32 Å². The smallest absolute Gasteiger partial charge is 0.0452 e. The first-order valence-corrected chi connectivity index (χ1v) is 7.64. The van der Waals surface area contributed by atoms with Gasteiger partial charge in [0.05, 0.1) is 0 Å². The van der Waals surface area contributed by atoms with Crippen LogP contribution in [0.15, 0.2) is 42.5 Å². The van der Waals surface area contributed by atoms with Gasteiger partial charge in [-0.15, -0.1) is 0 Å². The zero-order valence-electron chi connectivity index (χ0n) is 11.4. The van der Waals surface area contributed by atoms with E-state index in [1.165, 1.54) is 11.1 Å². The molecule has 0 amide bonds. The molecule has 0 spiro atoms. The number of fused-ring (bicyclic) bond motifs is 1. The number of hydrogen-bond acceptors (Lipinski definition) is 1. The minimum absolute atomic E-state index is 0.374. The van der Waals surface area contributed by atoms with Crippen LogP contribution in [-0.2, 0) is 12.8 Å². The summed E-state index contributed by atoms with van der Waals surface area (Å²) >= 11 is 12.6. The van der Waals surface area contributed by atoms with Gasteiger partial charge in [-0.2, -0.15) is 0 Å². The second-order valence-corrected chi connectivity index (χ2v) is 6.15. The van der Waals surface area contributed by atoms with E-state index in [-0.39, 0.29) is 0 Å². The van der Waals surface area contributed by atoms with Crippen molar-refractivity contribution < 1.29 is 0 Å². The van der Waals surface area contributed by atoms with Gasteiger partial charge in [0.15, 0.2) is 0 Å². The Bertz CT molecular complexity index is 604. The van der Waals surface area contributed by atoms with Gasteiger partial charge in [0, 0.05) is 16.1 Å². The largest absolute Gasteiger partial charge is 0.313 e. The van der Waals surface area contributed by atoms with Crippen molar-refractivity contribution in [2.75, 3.05) is 7.05 Å². The zero-order chi connectivity index (χ0) is 14.1. The quantitative estimate of drug-likeness (QED) is 0.869. The van der Waals surface area contributed by atoms with Gasteiger partial charge in [0.1, 0.15) is 0 Å². The molecule has 104 valence electrons. The van der Waals surface area contributed by atoms with Crippen LogP contribution in [0.25, 0.3) is 0 Å². The lowest BCUT2D eigenvalue weighted by atomic mass is 9.93. The summed E-state index contributed by atoms with van der Waals surface area (Å²) in [7, 11) is 2.02. The van der Waals surface area contributed by atoms with Crippen LogP contribution in [0.5, 0.6) is 0 Å². The van der Waals surface area contributed by atoms with Crippen molar-refractivity contribution in [3.63, 3.8) is 0 Å². The number of halogens is 2. The van der Waals surface area contributed by atoms with E-state index in [0.717, 1.165) is 28.5 Å². The third-order valence-electron chi connectivity index (χ3n) is 4.18. The molecule has 0 saturated heterocycles. The first-order valence-electron chi connectivity index (χ1n) is 6.88. The Morgan fingerprint density at radius 2 is 1.75 bits per heavy atom. The van der Waals surface area contributed by atoms with Crippen molar-refractivity contribution in [3.05, 3.63) is 69.2 Å². The second kappa shape index (κ2) is 5.77. The van der Waals surface area contributed by atoms with Gasteiger partial charge >= 0.3 is 0 Å². The van der Waals surface area contributed by atoms with Gasteiger partial charge in [-0.05, 0) is 54.6 Å². The number of nitrogens with one attached hydrogen (secondary N) is 1. The molecule has 20 heavy (non-hydrogen) atoms. The summed E-state index contributed by atoms with van der Waals surface area (Å²) in [5.74, 6) is 0.495. The zero-order valence-corrected chi connectivity index (χ0v) is 12.9. The minimum atomic E-state index is 0.374. The van der Waals surface area contributed by atoms with Gasteiger partial charge in [-0.25, -0.2) is 0 Å². The van der Waals surface area contributed by atoms with Crippen molar-refractivity contribution in [2.24, 2.45) is 5.92 Å². The highest BCUT2D eigenvalue weighted by Crippen LogP contribution is 2.39. The Morgan fingerprint density at radius 1 is 1.05 bits per heavy atom. The Labute approximate surface area is 129 Å². The van der Waals surface area contributed by atoms with Crippen molar-refractivity contribution in [2.45, 2.75) is 18.9 Å². The fourth-order valence-electron chi connectivity index (χ4n) is 3.25. The van der Waals surface area contributed by atoms with Crippen molar-refractivity contribution in [1.29, 1.82) is 0 Å². The van der Waals surface area contributed by atoms with Crippen LogP contribution in [0, 0.1) is 5.92 Å². The van der Waals surface area contributed by atoms with Crippen LogP contribution in [0.2, 0.25) is 10.0 Å². The van der Waals surface area contributed by atoms with Crippen LogP contribution in [0.1, 0.15) is 22.7 Å². The third-order valence-corrected chi connectivity index (χ3v) is 4.89. The predicted octanol–water partition coefficient (Wildman–Crippen LogP) is 4.67. The maximum atomic E-state index is 6.31. The van der Waals surface area contributed by atoms with Gasteiger partial charge in [0.2, 0.25) is 0 Å². The summed E-state index contributed by atoms with van der Waals surface area (Å²) in [4.78, 5) is 0. The molecular weight excluding hydrogens is 289 g/mol. The average Bonchev–Trinajstić information content (AvgIpc) is 2.80. The molecule has 0 fully saturated rings. The minimum Gasteiger partial charge on any atom is -0.313 e. The number of rotatable bonds is 3. The maximum Gasteiger partial charge on any atom is 0.0452 e. The Balaban J connectivity index is 1.90. The molecule has 1 aliphatic carbocycles. The molecule has 0 bridgehead atoms. The standard InChI is InChI=1S/C17H17Cl2N/c1-20-17-12(9-11-5-2-3-6-13(11)17)10-14-15(18)7-4-8-16(14)19/h2-8,12,17,20H,9-10H2,1H3. The molecule has 0 saturated carbocycles. The summed E-state index contributed by atoms with van der Waals surface area (Å²) in [5.41, 5.74) is 3.90. The lowest BCUT2D eigenvalue weighted by Crippen LogP contribution is -2.23. The Morgan fingerprint density at radius 3 is 2.45 bits per heavy atom. The number of hydrogen-bond donors (Lipinski definition) is 1. The van der Waals surface area contributed by atoms with Crippen molar-refractivity contribution >= 4 is 23.2 Å². The molecule has 0 radical (unpaired) electrons. The third kappa shape index (κ3) is 2.46. The molecule has 2 atom stereocenters. The summed E-state index contributed by atoms with van der Waals surface area (Å²) < 4.78 is 0. The Kier molecular flexibility index (Phi) is 4.02. The number of benzene rings is 2. The molecule has 1 aliphatic rings. The van der Waals surface area contributed by atoms with Crippen LogP contribution in [-0.4, -0.2) is 7.05 Å². The fourth-order valence-corrected chi connectivity index (χ4v) is 3.80. The highest BCUT2D eigenvalue weighted by Gasteiger charge is 2.31. The fraction of sp³-hybridized carbons (Fsp3) is 0.294. The summed E-state index contributed by atoms with van der Waals surface area (Å²) in [6.07, 6.45) is 1.97. The maximum absolute atomic E-state index is 6.31. The molecule has 3 rings (SSSR count). The topological polar surface area (TPSA) is 12.0 Å². The van der Waals surface area contributed by atoms with E-state index >= 15 is 0 Å². The van der Waals surface area contributed by atoms with Gasteiger partial charge in [-0.3, -0.25) is 0 Å². The van der Waals surface area contributed by atoms with Gasteiger partial charge in [0.25, 0.3) is 0 Å². The van der Waals surface area contributed by atoms with Crippen molar-refractivity contribution in [3.8, 4) is 0 Å². The summed E-state index contributed by atoms with van der Waals surface area (Å²) in [6.45, 7) is 0. The molecule has 2 aromatic rings. The van der Waals surface area contributed by atoms with Crippen molar-refractivity contribution in [1.82, 2.24) is 5.32 Å². The normalized spacial score (nSPS) is 20.9. The molecule has 0 aromatic heterocycles. The molecule has 2 aromatic carbocycles.